The molecule has 0 bridgehead atoms. The number of carbonyl (C=O) groups excluding carboxylic acids is 1. The summed E-state index contributed by atoms with van der Waals surface area (Å²) in [7, 11) is 1.67. The maximum atomic E-state index is 12.1. The molecule has 0 unspecified atom stereocenters. The van der Waals surface area contributed by atoms with Crippen molar-refractivity contribution >= 4 is 5.78 Å². The monoisotopic (exact) mass is 280 g/mol. The molecule has 0 heterocycles. The predicted molar refractivity (Wildman–Crippen MR) is 83.8 cm³/mol. The Labute approximate surface area is 125 Å². The zero-order valence-corrected chi connectivity index (χ0v) is 12.3. The van der Waals surface area contributed by atoms with Crippen LogP contribution in [0.5, 0.6) is 5.75 Å². The Morgan fingerprint density at radius 1 is 0.857 bits per heavy atom. The van der Waals surface area contributed by atoms with E-state index in [2.05, 4.69) is 36.4 Å². The Morgan fingerprint density at radius 2 is 1.43 bits per heavy atom. The molecule has 0 N–H and O–H groups in total. The third-order valence-electron chi connectivity index (χ3n) is 4.38. The maximum absolute atomic E-state index is 12.1. The summed E-state index contributed by atoms with van der Waals surface area (Å²) in [5.41, 5.74) is 2.52. The fourth-order valence-electron chi connectivity index (χ4n) is 3.25. The van der Waals surface area contributed by atoms with Crippen molar-refractivity contribution in [3.05, 3.63) is 65.7 Å². The lowest BCUT2D eigenvalue weighted by atomic mass is 9.75. The lowest BCUT2D eigenvalue weighted by molar-refractivity contribution is -0.121. The van der Waals surface area contributed by atoms with Gasteiger partial charge in [0.15, 0.2) is 0 Å². The van der Waals surface area contributed by atoms with Crippen LogP contribution in [0.2, 0.25) is 0 Å². The van der Waals surface area contributed by atoms with E-state index in [4.69, 9.17) is 4.74 Å². The smallest absolute Gasteiger partial charge is 0.134 e. The zero-order valence-electron chi connectivity index (χ0n) is 12.3. The van der Waals surface area contributed by atoms with Crippen molar-refractivity contribution in [1.82, 2.24) is 0 Å². The first-order valence-electron chi connectivity index (χ1n) is 7.47. The second kappa shape index (κ2) is 6.13. The molecule has 21 heavy (non-hydrogen) atoms. The van der Waals surface area contributed by atoms with Crippen LogP contribution in [0.4, 0.5) is 0 Å². The van der Waals surface area contributed by atoms with Crippen molar-refractivity contribution in [1.29, 1.82) is 0 Å². The molecule has 0 saturated heterocycles. The second-order valence-electron chi connectivity index (χ2n) is 5.76. The molecular weight excluding hydrogens is 260 g/mol. The molecule has 0 amide bonds. The Balaban J connectivity index is 1.81. The van der Waals surface area contributed by atoms with Crippen LogP contribution in [-0.4, -0.2) is 12.9 Å². The van der Waals surface area contributed by atoms with E-state index in [0.717, 1.165) is 12.2 Å². The van der Waals surface area contributed by atoms with E-state index < -0.39 is 0 Å². The number of hydrogen-bond acceptors (Lipinski definition) is 2. The third-order valence-corrected chi connectivity index (χ3v) is 4.38. The quantitative estimate of drug-likeness (QED) is 0.837. The van der Waals surface area contributed by atoms with Gasteiger partial charge in [-0.15, -0.1) is 0 Å². The summed E-state index contributed by atoms with van der Waals surface area (Å²) in [6, 6.07) is 18.5. The minimum Gasteiger partial charge on any atom is -0.497 e. The van der Waals surface area contributed by atoms with Crippen LogP contribution >= 0.6 is 0 Å². The van der Waals surface area contributed by atoms with Gasteiger partial charge in [0.1, 0.15) is 11.5 Å². The summed E-state index contributed by atoms with van der Waals surface area (Å²) in [5.74, 6) is 1.90. The van der Waals surface area contributed by atoms with Gasteiger partial charge in [-0.3, -0.25) is 4.79 Å². The highest BCUT2D eigenvalue weighted by molar-refractivity contribution is 5.81. The fraction of sp³-hybridized carbons (Fsp3) is 0.316. The van der Waals surface area contributed by atoms with Crippen molar-refractivity contribution in [2.45, 2.75) is 31.1 Å². The molecule has 2 heteroatoms. The summed E-state index contributed by atoms with van der Waals surface area (Å²) in [6.45, 7) is 0. The average Bonchev–Trinajstić information content (AvgIpc) is 2.55. The molecular formula is C19H20O2. The summed E-state index contributed by atoms with van der Waals surface area (Å²) >= 11 is 0. The van der Waals surface area contributed by atoms with E-state index in [1.807, 2.05) is 18.2 Å². The minimum atomic E-state index is 0.322. The van der Waals surface area contributed by atoms with Crippen LogP contribution in [0.1, 0.15) is 42.2 Å². The molecule has 0 aromatic heterocycles. The number of ether oxygens (including phenoxy) is 1. The highest BCUT2D eigenvalue weighted by atomic mass is 16.5. The summed E-state index contributed by atoms with van der Waals surface area (Å²) in [4.78, 5) is 12.1. The Kier molecular flexibility index (Phi) is 4.05. The summed E-state index contributed by atoms with van der Waals surface area (Å²) in [6.07, 6.45) is 2.38. The van der Waals surface area contributed by atoms with Crippen LogP contribution in [0, 0.1) is 0 Å². The largest absolute Gasteiger partial charge is 0.497 e. The van der Waals surface area contributed by atoms with Crippen LogP contribution in [0.25, 0.3) is 0 Å². The van der Waals surface area contributed by atoms with Crippen molar-refractivity contribution in [2.24, 2.45) is 0 Å². The number of methoxy groups -OCH3 is 1. The molecule has 2 aromatic carbocycles. The van der Waals surface area contributed by atoms with E-state index >= 15 is 0 Å². The highest BCUT2D eigenvalue weighted by Crippen LogP contribution is 2.39. The van der Waals surface area contributed by atoms with Gasteiger partial charge >= 0.3 is 0 Å². The number of hydrogen-bond donors (Lipinski definition) is 0. The van der Waals surface area contributed by atoms with E-state index in [1.54, 1.807) is 7.11 Å². The Bertz CT molecular complexity index is 601. The highest BCUT2D eigenvalue weighted by Gasteiger charge is 2.29. The van der Waals surface area contributed by atoms with Gasteiger partial charge < -0.3 is 4.74 Å². The lowest BCUT2D eigenvalue weighted by Gasteiger charge is -2.29. The molecule has 1 aliphatic carbocycles. The Hall–Kier alpha value is -2.09. The van der Waals surface area contributed by atoms with Gasteiger partial charge in [-0.05, 0) is 41.5 Å². The predicted octanol–water partition coefficient (Wildman–Crippen LogP) is 4.32. The van der Waals surface area contributed by atoms with E-state index in [1.165, 1.54) is 11.1 Å². The van der Waals surface area contributed by atoms with Gasteiger partial charge in [-0.25, -0.2) is 0 Å². The van der Waals surface area contributed by atoms with Crippen molar-refractivity contribution in [3.8, 4) is 5.75 Å². The molecule has 1 aliphatic rings. The number of Topliss-reactive ketones (excluding diaryl/α,β-unsaturated/α-hetero) is 1. The molecule has 0 radical (unpaired) electrons. The average molecular weight is 280 g/mol. The zero-order chi connectivity index (χ0) is 14.7. The van der Waals surface area contributed by atoms with Crippen LogP contribution in [0.3, 0.4) is 0 Å². The van der Waals surface area contributed by atoms with Gasteiger partial charge in [-0.2, -0.15) is 0 Å². The molecule has 0 spiro atoms. The molecule has 108 valence electrons. The van der Waals surface area contributed by atoms with Crippen LogP contribution < -0.4 is 4.74 Å². The maximum Gasteiger partial charge on any atom is 0.134 e. The first-order chi connectivity index (χ1) is 10.3. The second-order valence-corrected chi connectivity index (χ2v) is 5.76. The van der Waals surface area contributed by atoms with Crippen molar-refractivity contribution < 1.29 is 9.53 Å². The van der Waals surface area contributed by atoms with E-state index in [-0.39, 0.29) is 0 Å². The lowest BCUT2D eigenvalue weighted by Crippen LogP contribution is -2.20. The number of carbonyl (C=O) groups is 1. The van der Waals surface area contributed by atoms with E-state index in [0.29, 0.717) is 30.5 Å². The summed E-state index contributed by atoms with van der Waals surface area (Å²) < 4.78 is 5.20. The fourth-order valence-corrected chi connectivity index (χ4v) is 3.25. The summed E-state index contributed by atoms with van der Waals surface area (Å²) in [5, 5.41) is 0. The molecule has 0 aliphatic heterocycles. The van der Waals surface area contributed by atoms with Gasteiger partial charge in [0.25, 0.3) is 0 Å². The number of ketones is 1. The molecule has 2 nitrogen and oxygen atoms in total. The SMILES string of the molecule is COc1ccc([C@H]2CC(=O)C[C@H](c3ccccc3)C2)cc1. The van der Waals surface area contributed by atoms with Crippen molar-refractivity contribution in [2.75, 3.05) is 7.11 Å². The molecule has 3 rings (SSSR count). The first kappa shape index (κ1) is 13.9. The molecule has 2 aromatic rings. The van der Waals surface area contributed by atoms with Gasteiger partial charge in [0.05, 0.1) is 7.11 Å². The standard InChI is InChI=1S/C19H20O2/c1-21-19-9-7-15(8-10-19)17-11-16(12-18(20)13-17)14-5-3-2-4-6-14/h2-10,16-17H,11-13H2,1H3/t16-,17-/m1/s1. The normalized spacial score (nSPS) is 22.0. The molecule has 1 saturated carbocycles. The topological polar surface area (TPSA) is 26.3 Å². The first-order valence-corrected chi connectivity index (χ1v) is 7.47. The minimum absolute atomic E-state index is 0.322. The van der Waals surface area contributed by atoms with Gasteiger partial charge in [0, 0.05) is 12.8 Å². The van der Waals surface area contributed by atoms with Gasteiger partial charge in [0.2, 0.25) is 0 Å². The number of rotatable bonds is 3. The van der Waals surface area contributed by atoms with Crippen LogP contribution in [-0.2, 0) is 4.79 Å². The molecule has 2 atom stereocenters. The van der Waals surface area contributed by atoms with Gasteiger partial charge in [-0.1, -0.05) is 42.5 Å². The van der Waals surface area contributed by atoms with Crippen molar-refractivity contribution in [3.63, 3.8) is 0 Å². The van der Waals surface area contributed by atoms with E-state index in [9.17, 15) is 4.79 Å². The number of benzene rings is 2. The molecule has 1 fully saturated rings. The van der Waals surface area contributed by atoms with Crippen LogP contribution in [0.15, 0.2) is 54.6 Å². The third kappa shape index (κ3) is 3.15. The Morgan fingerprint density at radius 3 is 2.00 bits per heavy atom.